The fourth-order valence-corrected chi connectivity index (χ4v) is 10.5. The van der Waals surface area contributed by atoms with Crippen molar-refractivity contribution in [3.63, 3.8) is 0 Å². The lowest BCUT2D eigenvalue weighted by Crippen LogP contribution is -2.49. The molecule has 0 bridgehead atoms. The predicted octanol–water partition coefficient (Wildman–Crippen LogP) is 6.64. The molecule has 0 saturated carbocycles. The highest BCUT2D eigenvalue weighted by Gasteiger charge is 2.51. The van der Waals surface area contributed by atoms with Gasteiger partial charge in [-0.05, 0) is 51.7 Å². The average Bonchev–Trinajstić information content (AvgIpc) is 2.64. The summed E-state index contributed by atoms with van der Waals surface area (Å²) in [4.78, 5) is 0. The first-order valence-corrected chi connectivity index (χ1v) is 11.1. The second-order valence-corrected chi connectivity index (χ2v) is 14.2. The van der Waals surface area contributed by atoms with Crippen LogP contribution in [0.15, 0.2) is 18.2 Å². The molecule has 0 heterocycles. The highest BCUT2D eigenvalue weighted by Crippen LogP contribution is 2.53. The predicted molar refractivity (Wildman–Crippen MR) is 98.8 cm³/mol. The highest BCUT2D eigenvalue weighted by atomic mass is 28.4. The molecule has 1 aromatic carbocycles. The normalized spacial score (nSPS) is 20.6. The maximum atomic E-state index is 13.9. The number of benzene rings is 1. The molecular formula is C20H33FOSi. The zero-order valence-corrected chi connectivity index (χ0v) is 17.0. The quantitative estimate of drug-likeness (QED) is 0.547. The van der Waals surface area contributed by atoms with Crippen molar-refractivity contribution in [3.05, 3.63) is 35.1 Å². The van der Waals surface area contributed by atoms with Crippen LogP contribution in [0.5, 0.6) is 0 Å². The Morgan fingerprint density at radius 1 is 1.04 bits per heavy atom. The van der Waals surface area contributed by atoms with Gasteiger partial charge in [0.05, 0.1) is 6.10 Å². The van der Waals surface area contributed by atoms with Crippen molar-refractivity contribution in [3.8, 4) is 0 Å². The van der Waals surface area contributed by atoms with Crippen LogP contribution >= 0.6 is 0 Å². The Morgan fingerprint density at radius 3 is 2.04 bits per heavy atom. The monoisotopic (exact) mass is 336 g/mol. The molecule has 3 heteroatoms. The summed E-state index contributed by atoms with van der Waals surface area (Å²) in [5.41, 5.74) is 3.96. The summed E-state index contributed by atoms with van der Waals surface area (Å²) in [5, 5.41) is 0. The van der Waals surface area contributed by atoms with Crippen LogP contribution in [0.2, 0.25) is 16.6 Å². The minimum absolute atomic E-state index is 0.00654. The molecule has 1 atom stereocenters. The standard InChI is InChI=1S/C20H33FOSi/c1-13(2)23(14(3)4,15(5)6)22-19-18-11-17(21)10-9-16(18)12-20(19,7)8/h9-11,13-15,19H,12H2,1-8H3/t19-/m1/s1. The van der Waals surface area contributed by atoms with E-state index in [0.717, 1.165) is 12.0 Å². The van der Waals surface area contributed by atoms with Crippen LogP contribution in [0, 0.1) is 11.2 Å². The minimum Gasteiger partial charge on any atom is -0.409 e. The van der Waals surface area contributed by atoms with Gasteiger partial charge in [-0.3, -0.25) is 0 Å². The lowest BCUT2D eigenvalue weighted by molar-refractivity contribution is 0.0718. The molecule has 0 N–H and O–H groups in total. The van der Waals surface area contributed by atoms with Crippen molar-refractivity contribution in [1.82, 2.24) is 0 Å². The smallest absolute Gasteiger partial charge is 0.201 e. The third kappa shape index (κ3) is 3.15. The van der Waals surface area contributed by atoms with Crippen molar-refractivity contribution < 1.29 is 8.82 Å². The number of halogens is 1. The van der Waals surface area contributed by atoms with E-state index in [1.54, 1.807) is 12.1 Å². The summed E-state index contributed by atoms with van der Waals surface area (Å²) in [6.07, 6.45) is 0.971. The van der Waals surface area contributed by atoms with Crippen molar-refractivity contribution in [2.75, 3.05) is 0 Å². The van der Waals surface area contributed by atoms with Crippen LogP contribution < -0.4 is 0 Å². The first kappa shape index (κ1) is 18.7. The molecule has 1 aliphatic carbocycles. The summed E-state index contributed by atoms with van der Waals surface area (Å²) in [6.45, 7) is 18.4. The van der Waals surface area contributed by atoms with E-state index in [2.05, 4.69) is 55.4 Å². The van der Waals surface area contributed by atoms with Crippen molar-refractivity contribution in [2.45, 2.75) is 84.5 Å². The van der Waals surface area contributed by atoms with Gasteiger partial charge in [-0.25, -0.2) is 4.39 Å². The molecule has 0 amide bonds. The second-order valence-electron chi connectivity index (χ2n) is 8.82. The maximum Gasteiger partial charge on any atom is 0.201 e. The Labute approximate surface area is 142 Å². The molecule has 1 aromatic rings. The number of hydrogen-bond acceptors (Lipinski definition) is 1. The van der Waals surface area contributed by atoms with E-state index < -0.39 is 8.32 Å². The van der Waals surface area contributed by atoms with Gasteiger partial charge in [0.25, 0.3) is 0 Å². The largest absolute Gasteiger partial charge is 0.409 e. The molecule has 0 aromatic heterocycles. The summed E-state index contributed by atoms with van der Waals surface area (Å²) >= 11 is 0. The Morgan fingerprint density at radius 2 is 1.57 bits per heavy atom. The Hall–Kier alpha value is -0.673. The van der Waals surface area contributed by atoms with E-state index in [-0.39, 0.29) is 17.3 Å². The highest BCUT2D eigenvalue weighted by molar-refractivity contribution is 6.77. The van der Waals surface area contributed by atoms with E-state index in [9.17, 15) is 4.39 Å². The van der Waals surface area contributed by atoms with E-state index >= 15 is 0 Å². The van der Waals surface area contributed by atoms with Crippen LogP contribution in [0.4, 0.5) is 4.39 Å². The molecule has 0 radical (unpaired) electrons. The summed E-state index contributed by atoms with van der Waals surface area (Å²) < 4.78 is 20.9. The molecular weight excluding hydrogens is 303 g/mol. The van der Waals surface area contributed by atoms with Gasteiger partial charge in [0.1, 0.15) is 5.82 Å². The lowest BCUT2D eigenvalue weighted by atomic mass is 9.87. The molecule has 23 heavy (non-hydrogen) atoms. The van der Waals surface area contributed by atoms with Crippen molar-refractivity contribution >= 4 is 8.32 Å². The van der Waals surface area contributed by atoms with Crippen LogP contribution in [0.3, 0.4) is 0 Å². The average molecular weight is 337 g/mol. The number of rotatable bonds is 5. The first-order valence-electron chi connectivity index (χ1n) is 8.98. The second kappa shape index (κ2) is 6.32. The lowest BCUT2D eigenvalue weighted by Gasteiger charge is -2.46. The number of fused-ring (bicyclic) bond motifs is 1. The third-order valence-electron chi connectivity index (χ3n) is 5.78. The first-order chi connectivity index (χ1) is 10.5. The third-order valence-corrected chi connectivity index (χ3v) is 11.8. The van der Waals surface area contributed by atoms with Gasteiger partial charge < -0.3 is 4.43 Å². The SMILES string of the molecule is CC(C)[Si](O[C@@H]1c2cc(F)ccc2CC1(C)C)(C(C)C)C(C)C. The van der Waals surface area contributed by atoms with E-state index in [0.29, 0.717) is 16.6 Å². The zero-order valence-electron chi connectivity index (χ0n) is 16.0. The summed E-state index contributed by atoms with van der Waals surface area (Å²) in [5.74, 6) is -0.152. The van der Waals surface area contributed by atoms with Crippen LogP contribution in [0.25, 0.3) is 0 Å². The molecule has 0 fully saturated rings. The fraction of sp³-hybridized carbons (Fsp3) is 0.700. The molecule has 2 rings (SSSR count). The van der Waals surface area contributed by atoms with E-state index in [4.69, 9.17) is 4.43 Å². The topological polar surface area (TPSA) is 9.23 Å². The molecule has 1 aliphatic rings. The van der Waals surface area contributed by atoms with Gasteiger partial charge in [0.15, 0.2) is 0 Å². The Bertz CT molecular complexity index is 541. The van der Waals surface area contributed by atoms with Gasteiger partial charge in [0.2, 0.25) is 8.32 Å². The van der Waals surface area contributed by atoms with Crippen LogP contribution in [0.1, 0.15) is 72.6 Å². The molecule has 0 unspecified atom stereocenters. The van der Waals surface area contributed by atoms with Gasteiger partial charge in [-0.1, -0.05) is 61.5 Å². The van der Waals surface area contributed by atoms with Gasteiger partial charge in [-0.15, -0.1) is 0 Å². The molecule has 1 nitrogen and oxygen atoms in total. The van der Waals surface area contributed by atoms with Gasteiger partial charge >= 0.3 is 0 Å². The molecule has 0 spiro atoms. The van der Waals surface area contributed by atoms with Crippen molar-refractivity contribution in [2.24, 2.45) is 5.41 Å². The van der Waals surface area contributed by atoms with E-state index in [1.807, 2.05) is 6.07 Å². The Balaban J connectivity index is 2.50. The number of hydrogen-bond donors (Lipinski definition) is 0. The van der Waals surface area contributed by atoms with Crippen molar-refractivity contribution in [1.29, 1.82) is 0 Å². The van der Waals surface area contributed by atoms with E-state index in [1.165, 1.54) is 5.56 Å². The Kier molecular flexibility index (Phi) is 5.13. The zero-order chi connectivity index (χ0) is 17.6. The molecule has 130 valence electrons. The van der Waals surface area contributed by atoms with Crippen LogP contribution in [-0.2, 0) is 10.8 Å². The minimum atomic E-state index is -1.99. The van der Waals surface area contributed by atoms with Gasteiger partial charge in [-0.2, -0.15) is 0 Å². The maximum absolute atomic E-state index is 13.9. The summed E-state index contributed by atoms with van der Waals surface area (Å²) in [7, 11) is -1.99. The van der Waals surface area contributed by atoms with Crippen LogP contribution in [-0.4, -0.2) is 8.32 Å². The fourth-order valence-electron chi connectivity index (χ4n) is 4.81. The molecule has 0 aliphatic heterocycles. The van der Waals surface area contributed by atoms with Gasteiger partial charge in [0, 0.05) is 0 Å². The summed E-state index contributed by atoms with van der Waals surface area (Å²) in [6, 6.07) is 5.23. The molecule has 0 saturated heterocycles.